The highest BCUT2D eigenvalue weighted by Crippen LogP contribution is 2.40. The summed E-state index contributed by atoms with van der Waals surface area (Å²) in [5.74, 6) is 1.65. The lowest BCUT2D eigenvalue weighted by Crippen LogP contribution is -2.30. The van der Waals surface area contributed by atoms with Gasteiger partial charge in [0.05, 0.1) is 6.26 Å². The first-order valence-corrected chi connectivity index (χ1v) is 11.8. The maximum atomic E-state index is 13.5. The van der Waals surface area contributed by atoms with E-state index in [4.69, 9.17) is 13.9 Å². The molecule has 1 unspecified atom stereocenters. The molecule has 0 bridgehead atoms. The van der Waals surface area contributed by atoms with Crippen LogP contribution in [0, 0.1) is 0 Å². The van der Waals surface area contributed by atoms with Crippen molar-refractivity contribution in [2.75, 3.05) is 14.1 Å². The molecular weight excluding hydrogens is 494 g/mol. The minimum atomic E-state index is -0.169. The Balaban J connectivity index is 1.63. The van der Waals surface area contributed by atoms with E-state index in [0.29, 0.717) is 16.9 Å². The van der Waals surface area contributed by atoms with Crippen molar-refractivity contribution in [3.05, 3.63) is 94.4 Å². The van der Waals surface area contributed by atoms with Gasteiger partial charge in [-0.3, -0.25) is 9.69 Å². The molecule has 172 valence electrons. The van der Waals surface area contributed by atoms with Crippen molar-refractivity contribution < 1.29 is 18.7 Å². The Kier molecular flexibility index (Phi) is 6.02. The highest BCUT2D eigenvalue weighted by Gasteiger charge is 2.25. The van der Waals surface area contributed by atoms with E-state index in [2.05, 4.69) is 22.0 Å². The largest absolute Gasteiger partial charge is 0.475 e. The van der Waals surface area contributed by atoms with Crippen molar-refractivity contribution in [1.82, 2.24) is 4.90 Å². The number of ether oxygens (including phenoxy) is 2. The van der Waals surface area contributed by atoms with Crippen molar-refractivity contribution in [3.8, 4) is 22.6 Å². The number of halogens is 1. The van der Waals surface area contributed by atoms with Gasteiger partial charge in [0.2, 0.25) is 5.78 Å². The Hall–Kier alpha value is -3.35. The van der Waals surface area contributed by atoms with Gasteiger partial charge in [0.25, 0.3) is 0 Å². The molecule has 0 aliphatic carbocycles. The minimum absolute atomic E-state index is 0.0604. The first kappa shape index (κ1) is 22.4. The molecular formula is C28H24BrNO4. The summed E-state index contributed by atoms with van der Waals surface area (Å²) in [6.45, 7) is 1.99. The van der Waals surface area contributed by atoms with Gasteiger partial charge < -0.3 is 13.9 Å². The predicted octanol–water partition coefficient (Wildman–Crippen LogP) is 6.83. The second-order valence-corrected chi connectivity index (χ2v) is 9.41. The topological polar surface area (TPSA) is 51.9 Å². The monoisotopic (exact) mass is 517 g/mol. The van der Waals surface area contributed by atoms with E-state index in [-0.39, 0.29) is 12.0 Å². The van der Waals surface area contributed by atoms with Crippen LogP contribution in [-0.4, -0.2) is 31.0 Å². The quantitative estimate of drug-likeness (QED) is 0.207. The van der Waals surface area contributed by atoms with Crippen molar-refractivity contribution >= 4 is 32.7 Å². The third kappa shape index (κ3) is 4.27. The van der Waals surface area contributed by atoms with Crippen LogP contribution in [0.25, 0.3) is 22.1 Å². The molecule has 4 aromatic rings. The first-order valence-electron chi connectivity index (χ1n) is 11.1. The zero-order valence-corrected chi connectivity index (χ0v) is 20.8. The molecule has 0 spiro atoms. The number of hydrogen-bond donors (Lipinski definition) is 0. The molecule has 2 heterocycles. The molecule has 0 N–H and O–H groups in total. The summed E-state index contributed by atoms with van der Waals surface area (Å²) < 4.78 is 18.7. The van der Waals surface area contributed by atoms with Gasteiger partial charge in [-0.2, -0.15) is 0 Å². The number of nitrogens with zero attached hydrogens (tertiary/aromatic N) is 1. The molecule has 0 amide bonds. The number of allylic oxidation sites excluding steroid dienone is 1. The smallest absolute Gasteiger partial charge is 0.228 e. The maximum absolute atomic E-state index is 13.5. The molecule has 3 aromatic carbocycles. The number of carbonyl (C=O) groups excluding carboxylic acids is 1. The Bertz CT molecular complexity index is 1380. The number of ketones is 1. The Morgan fingerprint density at radius 1 is 1.06 bits per heavy atom. The number of rotatable bonds is 6. The summed E-state index contributed by atoms with van der Waals surface area (Å²) in [6, 6.07) is 19.0. The SMILES string of the molecule is CC(Oc1ccc(-c2c(C(=O)c3ccc(Br)cc3)oc3cc4c(cc23)CC=CO4)cc1)N(C)C. The molecule has 34 heavy (non-hydrogen) atoms. The summed E-state index contributed by atoms with van der Waals surface area (Å²) in [7, 11) is 3.94. The normalized spacial score (nSPS) is 13.6. The lowest BCUT2D eigenvalue weighted by molar-refractivity contribution is 0.0815. The summed E-state index contributed by atoms with van der Waals surface area (Å²) in [5, 5.41) is 0.883. The molecule has 0 fully saturated rings. The Labute approximate surface area is 206 Å². The molecule has 5 rings (SSSR count). The number of carbonyl (C=O) groups is 1. The highest BCUT2D eigenvalue weighted by atomic mass is 79.9. The second kappa shape index (κ2) is 9.12. The van der Waals surface area contributed by atoms with Crippen LogP contribution in [0.3, 0.4) is 0 Å². The van der Waals surface area contributed by atoms with Crippen molar-refractivity contribution in [2.45, 2.75) is 19.6 Å². The fourth-order valence-electron chi connectivity index (χ4n) is 3.92. The van der Waals surface area contributed by atoms with Gasteiger partial charge in [0.1, 0.15) is 23.3 Å². The zero-order valence-electron chi connectivity index (χ0n) is 19.2. The van der Waals surface area contributed by atoms with Crippen LogP contribution >= 0.6 is 15.9 Å². The van der Waals surface area contributed by atoms with Crippen LogP contribution in [0.2, 0.25) is 0 Å². The van der Waals surface area contributed by atoms with Gasteiger partial charge in [-0.15, -0.1) is 0 Å². The van der Waals surface area contributed by atoms with E-state index in [9.17, 15) is 4.79 Å². The molecule has 1 aromatic heterocycles. The average molecular weight is 518 g/mol. The number of fused-ring (bicyclic) bond motifs is 2. The van der Waals surface area contributed by atoms with Gasteiger partial charge in [-0.05, 0) is 87.1 Å². The van der Waals surface area contributed by atoms with Crippen molar-refractivity contribution in [3.63, 3.8) is 0 Å². The van der Waals surface area contributed by atoms with E-state index in [1.165, 1.54) is 0 Å². The van der Waals surface area contributed by atoms with E-state index in [1.54, 1.807) is 18.4 Å². The summed E-state index contributed by atoms with van der Waals surface area (Å²) in [5.41, 5.74) is 3.89. The number of furan rings is 1. The summed E-state index contributed by atoms with van der Waals surface area (Å²) >= 11 is 3.43. The third-order valence-corrected chi connectivity index (χ3v) is 6.52. The van der Waals surface area contributed by atoms with Crippen LogP contribution < -0.4 is 9.47 Å². The Morgan fingerprint density at radius 3 is 2.50 bits per heavy atom. The van der Waals surface area contributed by atoms with Gasteiger partial charge >= 0.3 is 0 Å². The van der Waals surface area contributed by atoms with Crippen molar-refractivity contribution in [1.29, 1.82) is 0 Å². The van der Waals surface area contributed by atoms with Gasteiger partial charge in [0.15, 0.2) is 5.76 Å². The average Bonchev–Trinajstić information content (AvgIpc) is 3.21. The molecule has 0 saturated carbocycles. The lowest BCUT2D eigenvalue weighted by Gasteiger charge is -2.21. The first-order chi connectivity index (χ1) is 16.4. The Morgan fingerprint density at radius 2 is 1.79 bits per heavy atom. The van der Waals surface area contributed by atoms with Crippen LogP contribution in [0.1, 0.15) is 28.6 Å². The van der Waals surface area contributed by atoms with Crippen LogP contribution in [0.5, 0.6) is 11.5 Å². The van der Waals surface area contributed by atoms with Gasteiger partial charge in [-0.25, -0.2) is 0 Å². The number of hydrogen-bond acceptors (Lipinski definition) is 5. The number of benzene rings is 3. The fourth-order valence-corrected chi connectivity index (χ4v) is 4.18. The molecule has 1 aliphatic heterocycles. The van der Waals surface area contributed by atoms with E-state index in [0.717, 1.165) is 44.5 Å². The minimum Gasteiger partial charge on any atom is -0.475 e. The summed E-state index contributed by atoms with van der Waals surface area (Å²) in [6.07, 6.45) is 4.36. The van der Waals surface area contributed by atoms with Crippen molar-refractivity contribution in [2.24, 2.45) is 0 Å². The molecule has 5 nitrogen and oxygen atoms in total. The molecule has 6 heteroatoms. The maximum Gasteiger partial charge on any atom is 0.228 e. The van der Waals surface area contributed by atoms with E-state index in [1.807, 2.05) is 74.5 Å². The lowest BCUT2D eigenvalue weighted by atomic mass is 9.96. The van der Waals surface area contributed by atoms with E-state index < -0.39 is 0 Å². The third-order valence-electron chi connectivity index (χ3n) is 5.99. The van der Waals surface area contributed by atoms with Gasteiger partial charge in [0, 0.05) is 27.1 Å². The van der Waals surface area contributed by atoms with Crippen LogP contribution in [0.15, 0.2) is 81.9 Å². The van der Waals surface area contributed by atoms with Crippen LogP contribution in [-0.2, 0) is 6.42 Å². The standard InChI is InChI=1S/C28H24BrNO4/c1-17(30(2)3)33-22-12-8-18(9-13-22)26-23-15-20-5-4-14-32-24(20)16-25(23)34-28(26)27(31)19-6-10-21(29)11-7-19/h4,6-17H,5H2,1-3H3. The van der Waals surface area contributed by atoms with E-state index >= 15 is 0 Å². The fraction of sp³-hybridized carbons (Fsp3) is 0.179. The van der Waals surface area contributed by atoms with Crippen LogP contribution in [0.4, 0.5) is 0 Å². The molecule has 0 saturated heterocycles. The zero-order chi connectivity index (χ0) is 23.8. The molecule has 0 radical (unpaired) electrons. The summed E-state index contributed by atoms with van der Waals surface area (Å²) in [4.78, 5) is 15.5. The highest BCUT2D eigenvalue weighted by molar-refractivity contribution is 9.10. The molecule has 1 aliphatic rings. The molecule has 1 atom stereocenters. The predicted molar refractivity (Wildman–Crippen MR) is 136 cm³/mol. The second-order valence-electron chi connectivity index (χ2n) is 8.50. The van der Waals surface area contributed by atoms with Gasteiger partial charge in [-0.1, -0.05) is 28.1 Å².